The smallest absolute Gasteiger partial charge is 0.107 e. The quantitative estimate of drug-likeness (QED) is 0.773. The number of nitrogens with zero attached hydrogens (tertiary/aromatic N) is 2. The molecule has 4 heteroatoms. The summed E-state index contributed by atoms with van der Waals surface area (Å²) in [4.78, 5) is 8.74. The molecule has 0 spiro atoms. The molecule has 0 saturated carbocycles. The largest absolute Gasteiger partial charge is 0.249 e. The minimum absolute atomic E-state index is 1.02. The average molecular weight is 262 g/mol. The molecule has 0 radical (unpaired) electrons. The van der Waals surface area contributed by atoms with Gasteiger partial charge in [0.15, 0.2) is 0 Å². The fourth-order valence-corrected chi connectivity index (χ4v) is 2.97. The average Bonchev–Trinajstić information content (AvgIpc) is 2.39. The summed E-state index contributed by atoms with van der Waals surface area (Å²) < 4.78 is 0. The first-order valence-electron chi connectivity index (χ1n) is 5.50. The molecule has 2 nitrogen and oxygen atoms in total. The van der Waals surface area contributed by atoms with Crippen LogP contribution in [0.1, 0.15) is 18.1 Å². The third-order valence-corrected chi connectivity index (χ3v) is 4.48. The van der Waals surface area contributed by atoms with E-state index in [1.54, 1.807) is 21.6 Å². The lowest BCUT2D eigenvalue weighted by Crippen LogP contribution is -1.83. The van der Waals surface area contributed by atoms with Gasteiger partial charge in [-0.1, -0.05) is 19.1 Å². The maximum Gasteiger partial charge on any atom is 0.107 e. The molecule has 0 aliphatic rings. The van der Waals surface area contributed by atoms with Gasteiger partial charge in [-0.2, -0.15) is 0 Å². The summed E-state index contributed by atoms with van der Waals surface area (Å²) in [6.45, 7) is 4.18. The van der Waals surface area contributed by atoms with E-state index < -0.39 is 0 Å². The Morgan fingerprint density at radius 2 is 1.59 bits per heavy atom. The van der Waals surface area contributed by atoms with Gasteiger partial charge in [-0.3, -0.25) is 0 Å². The lowest BCUT2D eigenvalue weighted by molar-refractivity contribution is 1.05. The molecule has 2 aromatic rings. The van der Waals surface area contributed by atoms with Crippen LogP contribution in [0.5, 0.6) is 0 Å². The second kappa shape index (κ2) is 6.07. The molecular weight excluding hydrogens is 248 g/mol. The van der Waals surface area contributed by atoms with Crippen LogP contribution >= 0.6 is 21.6 Å². The highest BCUT2D eigenvalue weighted by molar-refractivity contribution is 8.76. The third kappa shape index (κ3) is 3.75. The zero-order valence-corrected chi connectivity index (χ0v) is 11.5. The van der Waals surface area contributed by atoms with Crippen molar-refractivity contribution in [2.24, 2.45) is 0 Å². The van der Waals surface area contributed by atoms with Gasteiger partial charge >= 0.3 is 0 Å². The minimum Gasteiger partial charge on any atom is -0.249 e. The van der Waals surface area contributed by atoms with E-state index in [0.717, 1.165) is 16.5 Å². The first-order valence-corrected chi connectivity index (χ1v) is 7.65. The Bertz CT molecular complexity index is 466. The molecule has 2 aromatic heterocycles. The molecule has 0 fully saturated rings. The van der Waals surface area contributed by atoms with Crippen molar-refractivity contribution in [2.75, 3.05) is 0 Å². The zero-order chi connectivity index (χ0) is 12.1. The topological polar surface area (TPSA) is 25.8 Å². The van der Waals surface area contributed by atoms with Crippen molar-refractivity contribution in [3.8, 4) is 0 Å². The van der Waals surface area contributed by atoms with Gasteiger partial charge in [0.1, 0.15) is 10.1 Å². The van der Waals surface area contributed by atoms with Crippen molar-refractivity contribution in [1.82, 2.24) is 9.97 Å². The minimum atomic E-state index is 1.02. The summed E-state index contributed by atoms with van der Waals surface area (Å²) in [5.41, 5.74) is 2.46. The van der Waals surface area contributed by atoms with E-state index in [1.807, 2.05) is 25.4 Å². The first-order chi connectivity index (χ1) is 8.28. The first kappa shape index (κ1) is 12.5. The molecule has 0 amide bonds. The Labute approximate surface area is 110 Å². The van der Waals surface area contributed by atoms with Crippen LogP contribution in [0.15, 0.2) is 46.7 Å². The molecule has 88 valence electrons. The fourth-order valence-electron chi connectivity index (χ4n) is 1.26. The molecule has 0 unspecified atom stereocenters. The fraction of sp³-hybridized carbons (Fsp3) is 0.231. The number of rotatable bonds is 4. The zero-order valence-electron chi connectivity index (χ0n) is 9.88. The Morgan fingerprint density at radius 1 is 0.941 bits per heavy atom. The predicted octanol–water partition coefficient (Wildman–Crippen LogP) is 4.15. The number of hydrogen-bond donors (Lipinski definition) is 0. The van der Waals surface area contributed by atoms with Crippen LogP contribution in [0.3, 0.4) is 0 Å². The van der Waals surface area contributed by atoms with Gasteiger partial charge in [0.25, 0.3) is 0 Å². The second-order valence-electron chi connectivity index (χ2n) is 3.70. The summed E-state index contributed by atoms with van der Waals surface area (Å²) in [5, 5.41) is 2.04. The molecule has 0 aliphatic heterocycles. The van der Waals surface area contributed by atoms with E-state index >= 15 is 0 Å². The standard InChI is InChI=1S/C13H14N2S2/c1-3-11-5-7-13(15-9-11)17-16-12-6-4-10(2)8-14-12/h4-9H,3H2,1-2H3. The van der Waals surface area contributed by atoms with Crippen molar-refractivity contribution in [3.63, 3.8) is 0 Å². The SMILES string of the molecule is CCc1ccc(SSc2ccc(C)cn2)nc1. The maximum atomic E-state index is 4.40. The van der Waals surface area contributed by atoms with Crippen LogP contribution in [0.2, 0.25) is 0 Å². The Balaban J connectivity index is 1.95. The van der Waals surface area contributed by atoms with Gasteiger partial charge in [-0.25, -0.2) is 9.97 Å². The normalized spacial score (nSPS) is 10.5. The Morgan fingerprint density at radius 3 is 2.06 bits per heavy atom. The number of hydrogen-bond acceptors (Lipinski definition) is 4. The van der Waals surface area contributed by atoms with Gasteiger partial charge in [-0.15, -0.1) is 0 Å². The number of pyridine rings is 2. The summed E-state index contributed by atoms with van der Waals surface area (Å²) in [6, 6.07) is 8.29. The van der Waals surface area contributed by atoms with Crippen molar-refractivity contribution >= 4 is 21.6 Å². The highest BCUT2D eigenvalue weighted by Gasteiger charge is 2.00. The van der Waals surface area contributed by atoms with Crippen molar-refractivity contribution in [1.29, 1.82) is 0 Å². The van der Waals surface area contributed by atoms with Crippen LogP contribution in [-0.2, 0) is 6.42 Å². The van der Waals surface area contributed by atoms with E-state index in [1.165, 1.54) is 11.1 Å². The summed E-state index contributed by atoms with van der Waals surface area (Å²) in [5.74, 6) is 0. The molecule has 17 heavy (non-hydrogen) atoms. The van der Waals surface area contributed by atoms with E-state index in [-0.39, 0.29) is 0 Å². The van der Waals surface area contributed by atoms with Crippen LogP contribution in [0.25, 0.3) is 0 Å². The number of aryl methyl sites for hydroxylation is 2. The van der Waals surface area contributed by atoms with Gasteiger partial charge in [0, 0.05) is 12.4 Å². The van der Waals surface area contributed by atoms with Gasteiger partial charge in [0.2, 0.25) is 0 Å². The van der Waals surface area contributed by atoms with E-state index in [0.29, 0.717) is 0 Å². The number of aromatic nitrogens is 2. The van der Waals surface area contributed by atoms with Crippen LogP contribution in [0, 0.1) is 6.92 Å². The Hall–Kier alpha value is -1.00. The molecule has 0 aliphatic carbocycles. The van der Waals surface area contributed by atoms with E-state index in [2.05, 4.69) is 35.1 Å². The lowest BCUT2D eigenvalue weighted by atomic mass is 10.2. The van der Waals surface area contributed by atoms with Crippen molar-refractivity contribution in [2.45, 2.75) is 30.3 Å². The van der Waals surface area contributed by atoms with E-state index in [4.69, 9.17) is 0 Å². The van der Waals surface area contributed by atoms with Crippen LogP contribution in [0.4, 0.5) is 0 Å². The van der Waals surface area contributed by atoms with Gasteiger partial charge in [-0.05, 0) is 58.2 Å². The highest BCUT2D eigenvalue weighted by atomic mass is 33.1. The van der Waals surface area contributed by atoms with Gasteiger partial charge in [0.05, 0.1) is 0 Å². The molecule has 0 bridgehead atoms. The summed E-state index contributed by atoms with van der Waals surface area (Å²) in [6.07, 6.45) is 4.85. The molecule has 0 atom stereocenters. The van der Waals surface area contributed by atoms with Crippen molar-refractivity contribution in [3.05, 3.63) is 47.8 Å². The predicted molar refractivity (Wildman–Crippen MR) is 74.3 cm³/mol. The summed E-state index contributed by atoms with van der Waals surface area (Å²) in [7, 11) is 3.28. The molecule has 0 aromatic carbocycles. The van der Waals surface area contributed by atoms with Gasteiger partial charge < -0.3 is 0 Å². The summed E-state index contributed by atoms with van der Waals surface area (Å²) >= 11 is 0. The monoisotopic (exact) mass is 262 g/mol. The van der Waals surface area contributed by atoms with Crippen LogP contribution < -0.4 is 0 Å². The molecule has 2 heterocycles. The van der Waals surface area contributed by atoms with Crippen LogP contribution in [-0.4, -0.2) is 9.97 Å². The second-order valence-corrected chi connectivity index (χ2v) is 5.87. The third-order valence-electron chi connectivity index (χ3n) is 2.30. The molecule has 2 rings (SSSR count). The lowest BCUT2D eigenvalue weighted by Gasteiger charge is -2.01. The molecule has 0 saturated heterocycles. The highest BCUT2D eigenvalue weighted by Crippen LogP contribution is 2.34. The maximum absolute atomic E-state index is 4.40. The molecular formula is C13H14N2S2. The molecule has 0 N–H and O–H groups in total. The van der Waals surface area contributed by atoms with Crippen molar-refractivity contribution < 1.29 is 0 Å². The van der Waals surface area contributed by atoms with E-state index in [9.17, 15) is 0 Å². The Kier molecular flexibility index (Phi) is 4.45.